The van der Waals surface area contributed by atoms with Gasteiger partial charge in [0.25, 0.3) is 5.56 Å². The maximum absolute atomic E-state index is 12.1. The SMILES string of the molecule is Cc1cc2nc(Nc3nc(-c4ccccc4)cc(=O)[nH]3)nc(C)c2cc1C. The molecule has 0 aliphatic heterocycles. The summed E-state index contributed by atoms with van der Waals surface area (Å²) in [6.07, 6.45) is 0. The highest BCUT2D eigenvalue weighted by Crippen LogP contribution is 2.22. The molecule has 4 aromatic rings. The van der Waals surface area contributed by atoms with Gasteiger partial charge in [-0.3, -0.25) is 15.1 Å². The first-order chi connectivity index (χ1) is 13.0. The topological polar surface area (TPSA) is 83.6 Å². The summed E-state index contributed by atoms with van der Waals surface area (Å²) in [6.45, 7) is 6.08. The summed E-state index contributed by atoms with van der Waals surface area (Å²) in [5.74, 6) is 0.709. The lowest BCUT2D eigenvalue weighted by atomic mass is 10.1. The molecular weight excluding hydrogens is 338 g/mol. The lowest BCUT2D eigenvalue weighted by Crippen LogP contribution is -2.12. The highest BCUT2D eigenvalue weighted by molar-refractivity contribution is 5.83. The van der Waals surface area contributed by atoms with Gasteiger partial charge < -0.3 is 0 Å². The van der Waals surface area contributed by atoms with Crippen LogP contribution in [0, 0.1) is 20.8 Å². The van der Waals surface area contributed by atoms with E-state index in [0.29, 0.717) is 17.6 Å². The molecule has 4 rings (SSSR count). The number of benzene rings is 2. The Hall–Kier alpha value is -3.54. The number of anilines is 2. The Labute approximate surface area is 156 Å². The van der Waals surface area contributed by atoms with Gasteiger partial charge in [-0.1, -0.05) is 30.3 Å². The highest BCUT2D eigenvalue weighted by atomic mass is 16.1. The fraction of sp³-hybridized carbons (Fsp3) is 0.143. The number of aromatic amines is 1. The van der Waals surface area contributed by atoms with Crippen molar-refractivity contribution in [3.05, 3.63) is 75.7 Å². The predicted octanol–water partition coefficient (Wildman–Crippen LogP) is 4.05. The monoisotopic (exact) mass is 357 g/mol. The van der Waals surface area contributed by atoms with Crippen molar-refractivity contribution in [1.29, 1.82) is 0 Å². The zero-order valence-corrected chi connectivity index (χ0v) is 15.4. The van der Waals surface area contributed by atoms with Gasteiger partial charge in [0.1, 0.15) is 0 Å². The van der Waals surface area contributed by atoms with E-state index in [1.807, 2.05) is 43.3 Å². The van der Waals surface area contributed by atoms with Crippen molar-refractivity contribution in [1.82, 2.24) is 19.9 Å². The molecule has 2 N–H and O–H groups in total. The van der Waals surface area contributed by atoms with Crippen LogP contribution in [0.15, 0.2) is 53.3 Å². The van der Waals surface area contributed by atoms with E-state index in [1.165, 1.54) is 17.2 Å². The maximum Gasteiger partial charge on any atom is 0.252 e. The Balaban J connectivity index is 1.75. The number of H-pyrrole nitrogens is 1. The van der Waals surface area contributed by atoms with Crippen molar-refractivity contribution >= 4 is 22.8 Å². The molecule has 0 unspecified atom stereocenters. The number of aryl methyl sites for hydroxylation is 3. The molecule has 6 heteroatoms. The van der Waals surface area contributed by atoms with Crippen LogP contribution >= 0.6 is 0 Å². The molecule has 0 aliphatic carbocycles. The number of hydrogen-bond acceptors (Lipinski definition) is 5. The van der Waals surface area contributed by atoms with Crippen molar-refractivity contribution in [2.45, 2.75) is 20.8 Å². The Kier molecular flexibility index (Phi) is 4.16. The van der Waals surface area contributed by atoms with Gasteiger partial charge in [-0.2, -0.15) is 0 Å². The molecule has 0 aliphatic rings. The van der Waals surface area contributed by atoms with Crippen LogP contribution in [-0.4, -0.2) is 19.9 Å². The molecule has 0 amide bonds. The summed E-state index contributed by atoms with van der Waals surface area (Å²) < 4.78 is 0. The molecule has 0 saturated heterocycles. The fourth-order valence-corrected chi connectivity index (χ4v) is 2.98. The van der Waals surface area contributed by atoms with Crippen molar-refractivity contribution in [2.75, 3.05) is 5.32 Å². The minimum atomic E-state index is -0.240. The molecule has 27 heavy (non-hydrogen) atoms. The molecule has 2 heterocycles. The van der Waals surface area contributed by atoms with E-state index in [0.717, 1.165) is 22.2 Å². The molecule has 2 aromatic heterocycles. The van der Waals surface area contributed by atoms with Crippen LogP contribution in [0.1, 0.15) is 16.8 Å². The average molecular weight is 357 g/mol. The van der Waals surface area contributed by atoms with Crippen LogP contribution in [0.5, 0.6) is 0 Å². The zero-order valence-electron chi connectivity index (χ0n) is 15.4. The quantitative estimate of drug-likeness (QED) is 0.578. The highest BCUT2D eigenvalue weighted by Gasteiger charge is 2.09. The van der Waals surface area contributed by atoms with Crippen LogP contribution in [0.2, 0.25) is 0 Å². The smallest absolute Gasteiger partial charge is 0.252 e. The van der Waals surface area contributed by atoms with E-state index in [2.05, 4.69) is 45.2 Å². The molecule has 6 nitrogen and oxygen atoms in total. The van der Waals surface area contributed by atoms with Crippen LogP contribution in [0.4, 0.5) is 11.9 Å². The normalized spacial score (nSPS) is 10.9. The number of rotatable bonds is 3. The van der Waals surface area contributed by atoms with Crippen molar-refractivity contribution in [2.24, 2.45) is 0 Å². The van der Waals surface area contributed by atoms with E-state index in [-0.39, 0.29) is 5.56 Å². The van der Waals surface area contributed by atoms with Crippen molar-refractivity contribution in [3.8, 4) is 11.3 Å². The summed E-state index contributed by atoms with van der Waals surface area (Å²) in [5.41, 5.74) is 5.32. The number of fused-ring (bicyclic) bond motifs is 1. The van der Waals surface area contributed by atoms with E-state index < -0.39 is 0 Å². The Morgan fingerprint density at radius 1 is 0.889 bits per heavy atom. The molecule has 0 fully saturated rings. The third-order valence-corrected chi connectivity index (χ3v) is 4.54. The van der Waals surface area contributed by atoms with Crippen LogP contribution < -0.4 is 10.9 Å². The molecule has 0 radical (unpaired) electrons. The summed E-state index contributed by atoms with van der Waals surface area (Å²) >= 11 is 0. The minimum absolute atomic E-state index is 0.240. The zero-order chi connectivity index (χ0) is 19.0. The van der Waals surface area contributed by atoms with Crippen LogP contribution in [0.3, 0.4) is 0 Å². The summed E-state index contributed by atoms with van der Waals surface area (Å²) in [5, 5.41) is 4.05. The van der Waals surface area contributed by atoms with Crippen molar-refractivity contribution < 1.29 is 0 Å². The molecule has 0 bridgehead atoms. The second kappa shape index (κ2) is 6.64. The van der Waals surface area contributed by atoms with Crippen LogP contribution in [0.25, 0.3) is 22.2 Å². The molecule has 0 saturated carbocycles. The van der Waals surface area contributed by atoms with Gasteiger partial charge in [-0.05, 0) is 44.0 Å². The average Bonchev–Trinajstić information content (AvgIpc) is 2.64. The minimum Gasteiger partial charge on any atom is -0.294 e. The second-order valence-electron chi connectivity index (χ2n) is 6.56. The second-order valence-corrected chi connectivity index (χ2v) is 6.56. The third-order valence-electron chi connectivity index (χ3n) is 4.54. The summed E-state index contributed by atoms with van der Waals surface area (Å²) in [6, 6.07) is 15.2. The number of aromatic nitrogens is 4. The fourth-order valence-electron chi connectivity index (χ4n) is 2.98. The maximum atomic E-state index is 12.1. The van der Waals surface area contributed by atoms with Gasteiger partial charge in [0.05, 0.1) is 16.9 Å². The Morgan fingerprint density at radius 3 is 2.41 bits per heavy atom. The van der Waals surface area contributed by atoms with Gasteiger partial charge in [-0.15, -0.1) is 0 Å². The first-order valence-electron chi connectivity index (χ1n) is 8.69. The number of hydrogen-bond donors (Lipinski definition) is 2. The standard InChI is InChI=1S/C21H19N5O/c1-12-9-16-14(3)22-20(24-18(16)10-13(12)2)26-21-23-17(11-19(27)25-21)15-7-5-4-6-8-15/h4-11H,1-3H3,(H2,22,23,24,25,26,27). The van der Waals surface area contributed by atoms with Crippen LogP contribution in [-0.2, 0) is 0 Å². The number of nitrogens with zero attached hydrogens (tertiary/aromatic N) is 3. The van der Waals surface area contributed by atoms with Crippen molar-refractivity contribution in [3.63, 3.8) is 0 Å². The van der Waals surface area contributed by atoms with Gasteiger partial charge >= 0.3 is 0 Å². The molecule has 134 valence electrons. The Morgan fingerprint density at radius 2 is 1.63 bits per heavy atom. The third kappa shape index (κ3) is 3.42. The van der Waals surface area contributed by atoms with E-state index in [4.69, 9.17) is 0 Å². The lowest BCUT2D eigenvalue weighted by molar-refractivity contribution is 1.08. The lowest BCUT2D eigenvalue weighted by Gasteiger charge is -2.10. The number of nitrogens with one attached hydrogen (secondary N) is 2. The van der Waals surface area contributed by atoms with E-state index in [9.17, 15) is 4.79 Å². The molecule has 0 spiro atoms. The van der Waals surface area contributed by atoms with Gasteiger partial charge in [0.2, 0.25) is 11.9 Å². The van der Waals surface area contributed by atoms with E-state index >= 15 is 0 Å². The largest absolute Gasteiger partial charge is 0.294 e. The van der Waals surface area contributed by atoms with Gasteiger partial charge in [0, 0.05) is 17.0 Å². The first-order valence-corrected chi connectivity index (χ1v) is 8.69. The Bertz CT molecular complexity index is 1200. The van der Waals surface area contributed by atoms with Gasteiger partial charge in [-0.25, -0.2) is 15.0 Å². The molecule has 2 aromatic carbocycles. The molecular formula is C21H19N5O. The van der Waals surface area contributed by atoms with E-state index in [1.54, 1.807) is 0 Å². The predicted molar refractivity (Wildman–Crippen MR) is 107 cm³/mol. The van der Waals surface area contributed by atoms with Gasteiger partial charge in [0.15, 0.2) is 0 Å². The summed E-state index contributed by atoms with van der Waals surface area (Å²) in [7, 11) is 0. The summed E-state index contributed by atoms with van der Waals surface area (Å²) in [4.78, 5) is 28.3. The first kappa shape index (κ1) is 16.9. The molecule has 0 atom stereocenters.